The van der Waals surface area contributed by atoms with Gasteiger partial charge in [0, 0.05) is 30.4 Å². The SMILES string of the molecule is CC1CCCC(C)N1CCOc1cccc(N)c1. The molecular weight excluding hydrogens is 224 g/mol. The van der Waals surface area contributed by atoms with Crippen LogP contribution < -0.4 is 10.5 Å². The molecule has 0 amide bonds. The summed E-state index contributed by atoms with van der Waals surface area (Å²) in [5, 5.41) is 0. The summed E-state index contributed by atoms with van der Waals surface area (Å²) in [6.07, 6.45) is 3.97. The summed E-state index contributed by atoms with van der Waals surface area (Å²) < 4.78 is 5.76. The van der Waals surface area contributed by atoms with E-state index in [1.807, 2.05) is 24.3 Å². The Morgan fingerprint density at radius 3 is 2.67 bits per heavy atom. The zero-order chi connectivity index (χ0) is 13.0. The Morgan fingerprint density at radius 1 is 1.28 bits per heavy atom. The Kier molecular flexibility index (Phi) is 4.48. The Balaban J connectivity index is 1.81. The first-order chi connectivity index (χ1) is 8.66. The first-order valence-electron chi connectivity index (χ1n) is 6.91. The van der Waals surface area contributed by atoms with Crippen molar-refractivity contribution >= 4 is 5.69 Å². The van der Waals surface area contributed by atoms with Crippen molar-refractivity contribution in [3.63, 3.8) is 0 Å². The maximum Gasteiger partial charge on any atom is 0.121 e. The number of anilines is 1. The van der Waals surface area contributed by atoms with Gasteiger partial charge in [-0.2, -0.15) is 0 Å². The van der Waals surface area contributed by atoms with Gasteiger partial charge in [0.2, 0.25) is 0 Å². The highest BCUT2D eigenvalue weighted by atomic mass is 16.5. The lowest BCUT2D eigenvalue weighted by Gasteiger charge is -2.38. The van der Waals surface area contributed by atoms with Crippen molar-refractivity contribution in [2.24, 2.45) is 0 Å². The van der Waals surface area contributed by atoms with Crippen LogP contribution in [0.5, 0.6) is 5.75 Å². The number of nitrogens with zero attached hydrogens (tertiary/aromatic N) is 1. The van der Waals surface area contributed by atoms with Crippen LogP contribution in [0.4, 0.5) is 5.69 Å². The molecule has 1 aromatic rings. The van der Waals surface area contributed by atoms with E-state index in [9.17, 15) is 0 Å². The molecule has 0 aliphatic carbocycles. The van der Waals surface area contributed by atoms with Gasteiger partial charge in [-0.25, -0.2) is 0 Å². The normalized spacial score (nSPS) is 25.0. The second-order valence-corrected chi connectivity index (χ2v) is 5.29. The molecule has 0 bridgehead atoms. The number of likely N-dealkylation sites (tertiary alicyclic amines) is 1. The van der Waals surface area contributed by atoms with Crippen LogP contribution in [0.2, 0.25) is 0 Å². The van der Waals surface area contributed by atoms with Crippen molar-refractivity contribution in [2.75, 3.05) is 18.9 Å². The third kappa shape index (κ3) is 3.39. The van der Waals surface area contributed by atoms with E-state index >= 15 is 0 Å². The average Bonchev–Trinajstić information content (AvgIpc) is 2.33. The zero-order valence-electron chi connectivity index (χ0n) is 11.4. The van der Waals surface area contributed by atoms with E-state index in [1.165, 1.54) is 19.3 Å². The Labute approximate surface area is 110 Å². The number of nitrogens with two attached hydrogens (primary N) is 1. The molecule has 1 heterocycles. The Morgan fingerprint density at radius 2 is 2.00 bits per heavy atom. The van der Waals surface area contributed by atoms with Gasteiger partial charge < -0.3 is 10.5 Å². The van der Waals surface area contributed by atoms with E-state index in [-0.39, 0.29) is 0 Å². The van der Waals surface area contributed by atoms with Gasteiger partial charge in [0.15, 0.2) is 0 Å². The highest BCUT2D eigenvalue weighted by Crippen LogP contribution is 2.22. The van der Waals surface area contributed by atoms with Gasteiger partial charge in [-0.05, 0) is 38.8 Å². The molecule has 0 spiro atoms. The van der Waals surface area contributed by atoms with Crippen molar-refractivity contribution in [1.29, 1.82) is 0 Å². The number of hydrogen-bond donors (Lipinski definition) is 1. The number of nitrogen functional groups attached to an aromatic ring is 1. The summed E-state index contributed by atoms with van der Waals surface area (Å²) in [5.74, 6) is 0.868. The maximum atomic E-state index is 5.76. The topological polar surface area (TPSA) is 38.5 Å². The summed E-state index contributed by atoms with van der Waals surface area (Å²) >= 11 is 0. The summed E-state index contributed by atoms with van der Waals surface area (Å²) in [4.78, 5) is 2.55. The van der Waals surface area contributed by atoms with E-state index in [1.54, 1.807) is 0 Å². The van der Waals surface area contributed by atoms with E-state index in [2.05, 4.69) is 18.7 Å². The molecule has 0 radical (unpaired) electrons. The number of benzene rings is 1. The monoisotopic (exact) mass is 248 g/mol. The van der Waals surface area contributed by atoms with Crippen molar-refractivity contribution in [3.05, 3.63) is 24.3 Å². The molecular formula is C15H24N2O. The second-order valence-electron chi connectivity index (χ2n) is 5.29. The van der Waals surface area contributed by atoms with Crippen LogP contribution in [0.1, 0.15) is 33.1 Å². The summed E-state index contributed by atoms with van der Waals surface area (Å²) in [7, 11) is 0. The zero-order valence-corrected chi connectivity index (χ0v) is 11.4. The van der Waals surface area contributed by atoms with Crippen LogP contribution in [-0.4, -0.2) is 30.1 Å². The fourth-order valence-electron chi connectivity index (χ4n) is 2.79. The van der Waals surface area contributed by atoms with Crippen molar-refractivity contribution in [2.45, 2.75) is 45.2 Å². The molecule has 1 aliphatic heterocycles. The number of ether oxygens (including phenoxy) is 1. The molecule has 2 atom stereocenters. The third-order valence-electron chi connectivity index (χ3n) is 3.85. The van der Waals surface area contributed by atoms with Crippen LogP contribution in [0.15, 0.2) is 24.3 Å². The predicted octanol–water partition coefficient (Wildman–Crippen LogP) is 2.91. The summed E-state index contributed by atoms with van der Waals surface area (Å²) in [5.41, 5.74) is 6.48. The largest absolute Gasteiger partial charge is 0.492 e. The predicted molar refractivity (Wildman–Crippen MR) is 75.8 cm³/mol. The molecule has 2 unspecified atom stereocenters. The number of piperidine rings is 1. The lowest BCUT2D eigenvalue weighted by molar-refractivity contribution is 0.0851. The van der Waals surface area contributed by atoms with Crippen molar-refractivity contribution < 1.29 is 4.74 Å². The molecule has 1 aliphatic rings. The summed E-state index contributed by atoms with van der Waals surface area (Å²) in [6.45, 7) is 6.36. The molecule has 0 saturated carbocycles. The molecule has 1 saturated heterocycles. The van der Waals surface area contributed by atoms with Gasteiger partial charge in [0.1, 0.15) is 12.4 Å². The third-order valence-corrected chi connectivity index (χ3v) is 3.85. The van der Waals surface area contributed by atoms with Gasteiger partial charge in [-0.3, -0.25) is 4.90 Å². The minimum absolute atomic E-state index is 0.679. The minimum atomic E-state index is 0.679. The van der Waals surface area contributed by atoms with Crippen LogP contribution in [0.3, 0.4) is 0 Å². The van der Waals surface area contributed by atoms with Crippen LogP contribution >= 0.6 is 0 Å². The number of rotatable bonds is 4. The van der Waals surface area contributed by atoms with Crippen LogP contribution in [0.25, 0.3) is 0 Å². The van der Waals surface area contributed by atoms with Gasteiger partial charge >= 0.3 is 0 Å². The first-order valence-corrected chi connectivity index (χ1v) is 6.91. The van der Waals surface area contributed by atoms with E-state index in [0.717, 1.165) is 24.6 Å². The van der Waals surface area contributed by atoms with Gasteiger partial charge in [-0.15, -0.1) is 0 Å². The Hall–Kier alpha value is -1.22. The van der Waals surface area contributed by atoms with E-state index < -0.39 is 0 Å². The van der Waals surface area contributed by atoms with Crippen molar-refractivity contribution in [3.8, 4) is 5.75 Å². The van der Waals surface area contributed by atoms with E-state index in [0.29, 0.717) is 12.1 Å². The van der Waals surface area contributed by atoms with Gasteiger partial charge in [0.25, 0.3) is 0 Å². The van der Waals surface area contributed by atoms with Gasteiger partial charge in [0.05, 0.1) is 0 Å². The molecule has 100 valence electrons. The molecule has 2 N–H and O–H groups in total. The standard InChI is InChI=1S/C15H24N2O/c1-12-5-3-6-13(2)17(12)9-10-18-15-8-4-7-14(16)11-15/h4,7-8,11-13H,3,5-6,9-10,16H2,1-2H3. The van der Waals surface area contributed by atoms with Crippen LogP contribution in [0, 0.1) is 0 Å². The van der Waals surface area contributed by atoms with E-state index in [4.69, 9.17) is 10.5 Å². The highest BCUT2D eigenvalue weighted by Gasteiger charge is 2.23. The highest BCUT2D eigenvalue weighted by molar-refractivity contribution is 5.43. The molecule has 18 heavy (non-hydrogen) atoms. The molecule has 1 fully saturated rings. The summed E-state index contributed by atoms with van der Waals surface area (Å²) in [6, 6.07) is 9.00. The lowest BCUT2D eigenvalue weighted by Crippen LogP contribution is -2.45. The second kappa shape index (κ2) is 6.10. The average molecular weight is 248 g/mol. The smallest absolute Gasteiger partial charge is 0.121 e. The minimum Gasteiger partial charge on any atom is -0.492 e. The maximum absolute atomic E-state index is 5.76. The fourth-order valence-corrected chi connectivity index (χ4v) is 2.79. The number of hydrogen-bond acceptors (Lipinski definition) is 3. The molecule has 3 heteroatoms. The lowest BCUT2D eigenvalue weighted by atomic mass is 9.98. The Bertz CT molecular complexity index is 371. The molecule has 2 rings (SSSR count). The molecule has 1 aromatic carbocycles. The first kappa shape index (κ1) is 13.2. The quantitative estimate of drug-likeness (QED) is 0.833. The van der Waals surface area contributed by atoms with Crippen molar-refractivity contribution in [1.82, 2.24) is 4.90 Å². The fraction of sp³-hybridized carbons (Fsp3) is 0.600. The van der Waals surface area contributed by atoms with Crippen LogP contribution in [-0.2, 0) is 0 Å². The van der Waals surface area contributed by atoms with Gasteiger partial charge in [-0.1, -0.05) is 12.5 Å². The molecule has 0 aromatic heterocycles. The molecule has 3 nitrogen and oxygen atoms in total.